The number of ketones is 1. The van der Waals surface area contributed by atoms with E-state index in [9.17, 15) is 4.79 Å². The van der Waals surface area contributed by atoms with Crippen molar-refractivity contribution in [2.75, 3.05) is 6.54 Å². The van der Waals surface area contributed by atoms with Crippen LogP contribution in [0, 0.1) is 13.8 Å². The number of rotatable bonds is 1. The average molecular weight is 189 g/mol. The number of fused-ring (bicyclic) bond motifs is 1. The van der Waals surface area contributed by atoms with E-state index in [0.29, 0.717) is 13.0 Å². The van der Waals surface area contributed by atoms with Gasteiger partial charge in [0.1, 0.15) is 0 Å². The molecule has 0 bridgehead atoms. The van der Waals surface area contributed by atoms with Crippen LogP contribution in [0.25, 0.3) is 0 Å². The Bertz CT molecular complexity index is 396. The second-order valence-electron chi connectivity index (χ2n) is 4.10. The number of aryl methyl sites for hydroxylation is 2. The minimum Gasteiger partial charge on any atom is -0.330 e. The lowest BCUT2D eigenvalue weighted by Crippen LogP contribution is -2.10. The number of hydrogen-bond donors (Lipinski definition) is 1. The zero-order valence-corrected chi connectivity index (χ0v) is 8.63. The first kappa shape index (κ1) is 9.41. The number of carbonyl (C=O) groups excluding carboxylic acids is 1. The summed E-state index contributed by atoms with van der Waals surface area (Å²) < 4.78 is 0. The molecule has 0 saturated heterocycles. The van der Waals surface area contributed by atoms with Gasteiger partial charge in [-0.1, -0.05) is 11.6 Å². The molecule has 0 heterocycles. The molecule has 0 aliphatic heterocycles. The lowest BCUT2D eigenvalue weighted by Gasteiger charge is -2.11. The third-order valence-corrected chi connectivity index (χ3v) is 2.96. The van der Waals surface area contributed by atoms with Crippen molar-refractivity contribution in [1.82, 2.24) is 0 Å². The van der Waals surface area contributed by atoms with Crippen LogP contribution in [0.3, 0.4) is 0 Å². The van der Waals surface area contributed by atoms with Crippen molar-refractivity contribution < 1.29 is 4.79 Å². The Balaban J connectivity index is 2.62. The molecule has 1 aromatic rings. The van der Waals surface area contributed by atoms with Crippen LogP contribution in [0.1, 0.15) is 39.4 Å². The quantitative estimate of drug-likeness (QED) is 0.733. The Hall–Kier alpha value is -1.15. The molecular formula is C12H15NO. The van der Waals surface area contributed by atoms with E-state index >= 15 is 0 Å². The third kappa shape index (κ3) is 1.26. The van der Waals surface area contributed by atoms with Gasteiger partial charge in [0, 0.05) is 17.9 Å². The Morgan fingerprint density at radius 1 is 1.43 bits per heavy atom. The predicted octanol–water partition coefficient (Wildman–Crippen LogP) is 1.93. The zero-order chi connectivity index (χ0) is 10.3. The first-order valence-electron chi connectivity index (χ1n) is 4.98. The van der Waals surface area contributed by atoms with E-state index < -0.39 is 0 Å². The fourth-order valence-electron chi connectivity index (χ4n) is 2.39. The van der Waals surface area contributed by atoms with Gasteiger partial charge in [-0.3, -0.25) is 4.79 Å². The van der Waals surface area contributed by atoms with E-state index in [1.54, 1.807) is 0 Å². The molecule has 1 aliphatic carbocycles. The van der Waals surface area contributed by atoms with Gasteiger partial charge in [0.2, 0.25) is 0 Å². The molecule has 0 amide bonds. The zero-order valence-electron chi connectivity index (χ0n) is 8.63. The normalized spacial score (nSPS) is 19.9. The summed E-state index contributed by atoms with van der Waals surface area (Å²) in [5, 5.41) is 0. The molecule has 1 aromatic carbocycles. The van der Waals surface area contributed by atoms with Gasteiger partial charge in [-0.2, -0.15) is 0 Å². The molecule has 0 saturated carbocycles. The van der Waals surface area contributed by atoms with Crippen molar-refractivity contribution in [3.8, 4) is 0 Å². The van der Waals surface area contributed by atoms with Gasteiger partial charge in [-0.05, 0) is 37.6 Å². The Morgan fingerprint density at radius 2 is 2.14 bits per heavy atom. The van der Waals surface area contributed by atoms with Crippen LogP contribution in [0.2, 0.25) is 0 Å². The number of Topliss-reactive ketones (excluding diaryl/α,β-unsaturated/α-hetero) is 1. The molecule has 0 radical (unpaired) electrons. The van der Waals surface area contributed by atoms with E-state index in [4.69, 9.17) is 5.73 Å². The lowest BCUT2D eigenvalue weighted by atomic mass is 9.95. The first-order chi connectivity index (χ1) is 6.63. The second-order valence-corrected chi connectivity index (χ2v) is 4.10. The Labute approximate surface area is 84.1 Å². The van der Waals surface area contributed by atoms with Crippen LogP contribution in [0.5, 0.6) is 0 Å². The van der Waals surface area contributed by atoms with Crippen molar-refractivity contribution in [3.63, 3.8) is 0 Å². The van der Waals surface area contributed by atoms with Gasteiger partial charge in [0.05, 0.1) is 0 Å². The van der Waals surface area contributed by atoms with Crippen molar-refractivity contribution >= 4 is 5.78 Å². The summed E-state index contributed by atoms with van der Waals surface area (Å²) in [5.41, 5.74) is 10.1. The van der Waals surface area contributed by atoms with Crippen LogP contribution in [-0.4, -0.2) is 12.3 Å². The third-order valence-electron chi connectivity index (χ3n) is 2.96. The molecule has 0 aromatic heterocycles. The van der Waals surface area contributed by atoms with Crippen LogP contribution in [0.15, 0.2) is 12.1 Å². The Kier molecular flexibility index (Phi) is 2.16. The largest absolute Gasteiger partial charge is 0.330 e. The molecule has 74 valence electrons. The SMILES string of the molecule is Cc1cc(C)c2c(c1)C(=O)CC2CN. The minimum absolute atomic E-state index is 0.248. The number of benzene rings is 1. The maximum Gasteiger partial charge on any atom is 0.163 e. The van der Waals surface area contributed by atoms with E-state index in [1.165, 1.54) is 11.1 Å². The molecule has 1 unspecified atom stereocenters. The topological polar surface area (TPSA) is 43.1 Å². The monoisotopic (exact) mass is 189 g/mol. The summed E-state index contributed by atoms with van der Waals surface area (Å²) in [6.45, 7) is 4.66. The highest BCUT2D eigenvalue weighted by atomic mass is 16.1. The lowest BCUT2D eigenvalue weighted by molar-refractivity contribution is 0.0989. The molecule has 1 atom stereocenters. The molecule has 2 heteroatoms. The summed E-state index contributed by atoms with van der Waals surface area (Å²) in [4.78, 5) is 11.7. The van der Waals surface area contributed by atoms with Crippen molar-refractivity contribution in [1.29, 1.82) is 0 Å². The van der Waals surface area contributed by atoms with Crippen LogP contribution >= 0.6 is 0 Å². The number of carbonyl (C=O) groups is 1. The molecule has 14 heavy (non-hydrogen) atoms. The fourth-order valence-corrected chi connectivity index (χ4v) is 2.39. The highest BCUT2D eigenvalue weighted by Gasteiger charge is 2.29. The molecule has 2 rings (SSSR count). The minimum atomic E-state index is 0.248. The van der Waals surface area contributed by atoms with Gasteiger partial charge >= 0.3 is 0 Å². The van der Waals surface area contributed by atoms with E-state index in [2.05, 4.69) is 13.0 Å². The molecule has 0 spiro atoms. The molecule has 2 nitrogen and oxygen atoms in total. The van der Waals surface area contributed by atoms with Crippen molar-refractivity contribution in [2.24, 2.45) is 5.73 Å². The Morgan fingerprint density at radius 3 is 2.79 bits per heavy atom. The van der Waals surface area contributed by atoms with Crippen LogP contribution in [-0.2, 0) is 0 Å². The van der Waals surface area contributed by atoms with Crippen LogP contribution < -0.4 is 5.73 Å². The predicted molar refractivity (Wildman–Crippen MR) is 56.7 cm³/mol. The van der Waals surface area contributed by atoms with E-state index in [-0.39, 0.29) is 11.7 Å². The average Bonchev–Trinajstić information content (AvgIpc) is 2.43. The van der Waals surface area contributed by atoms with Crippen molar-refractivity contribution in [2.45, 2.75) is 26.2 Å². The van der Waals surface area contributed by atoms with Crippen molar-refractivity contribution in [3.05, 3.63) is 34.4 Å². The summed E-state index contributed by atoms with van der Waals surface area (Å²) in [7, 11) is 0. The highest BCUT2D eigenvalue weighted by Crippen LogP contribution is 2.35. The first-order valence-corrected chi connectivity index (χ1v) is 4.98. The smallest absolute Gasteiger partial charge is 0.163 e. The summed E-state index contributed by atoms with van der Waals surface area (Å²) in [5.74, 6) is 0.500. The summed E-state index contributed by atoms with van der Waals surface area (Å²) in [6.07, 6.45) is 0.593. The fraction of sp³-hybridized carbons (Fsp3) is 0.417. The maximum absolute atomic E-state index is 11.7. The van der Waals surface area contributed by atoms with Gasteiger partial charge in [-0.15, -0.1) is 0 Å². The molecule has 2 N–H and O–H groups in total. The molecule has 1 aliphatic rings. The van der Waals surface area contributed by atoms with E-state index in [0.717, 1.165) is 11.1 Å². The van der Waals surface area contributed by atoms with Gasteiger partial charge in [-0.25, -0.2) is 0 Å². The molecular weight excluding hydrogens is 174 g/mol. The number of nitrogens with two attached hydrogens (primary N) is 1. The number of hydrogen-bond acceptors (Lipinski definition) is 2. The van der Waals surface area contributed by atoms with Gasteiger partial charge in [0.15, 0.2) is 5.78 Å². The standard InChI is InChI=1S/C12H15NO/c1-7-3-8(2)12-9(6-13)5-11(14)10(12)4-7/h3-4,9H,5-6,13H2,1-2H3. The van der Waals surface area contributed by atoms with Gasteiger partial charge in [0.25, 0.3) is 0 Å². The summed E-state index contributed by atoms with van der Waals surface area (Å²) >= 11 is 0. The summed E-state index contributed by atoms with van der Waals surface area (Å²) in [6, 6.07) is 4.11. The second kappa shape index (κ2) is 3.21. The molecule has 0 fully saturated rings. The van der Waals surface area contributed by atoms with Crippen LogP contribution in [0.4, 0.5) is 0 Å². The highest BCUT2D eigenvalue weighted by molar-refractivity contribution is 6.01. The van der Waals surface area contributed by atoms with Gasteiger partial charge < -0.3 is 5.73 Å². The van der Waals surface area contributed by atoms with E-state index in [1.807, 2.05) is 13.0 Å². The maximum atomic E-state index is 11.7.